The van der Waals surface area contributed by atoms with Crippen LogP contribution in [0.3, 0.4) is 0 Å². The molecule has 0 saturated carbocycles. The fraction of sp³-hybridized carbons (Fsp3) is 0.308. The monoisotopic (exact) mass is 540 g/mol. The predicted molar refractivity (Wildman–Crippen MR) is 142 cm³/mol. The molecule has 194 valence electrons. The number of aromatic nitrogens is 1. The molecule has 11 heteroatoms. The minimum absolute atomic E-state index is 0.0168. The number of anilines is 1. The summed E-state index contributed by atoms with van der Waals surface area (Å²) in [5, 5.41) is 3.32. The van der Waals surface area contributed by atoms with Gasteiger partial charge < -0.3 is 19.3 Å². The van der Waals surface area contributed by atoms with Gasteiger partial charge in [0.25, 0.3) is 11.8 Å². The van der Waals surface area contributed by atoms with E-state index in [-0.39, 0.29) is 17.7 Å². The van der Waals surface area contributed by atoms with E-state index >= 15 is 0 Å². The summed E-state index contributed by atoms with van der Waals surface area (Å²) in [4.78, 5) is 46.1. The highest BCUT2D eigenvalue weighted by atomic mass is 32.2. The van der Waals surface area contributed by atoms with Crippen LogP contribution in [-0.2, 0) is 16.1 Å². The number of carbonyl (C=O) groups is 3. The molecule has 1 aliphatic rings. The Kier molecular flexibility index (Phi) is 8.80. The molecular formula is C26H28N4O5S2. The molecule has 0 spiro atoms. The first-order valence-corrected chi connectivity index (χ1v) is 13.3. The summed E-state index contributed by atoms with van der Waals surface area (Å²) in [5.41, 5.74) is 1.99. The predicted octanol–water partition coefficient (Wildman–Crippen LogP) is 4.01. The molecule has 37 heavy (non-hydrogen) atoms. The van der Waals surface area contributed by atoms with Crippen LogP contribution in [0.4, 0.5) is 5.13 Å². The molecule has 3 amide bonds. The highest BCUT2D eigenvalue weighted by Gasteiger charge is 2.25. The molecule has 0 radical (unpaired) electrons. The van der Waals surface area contributed by atoms with E-state index in [1.165, 1.54) is 37.1 Å². The Morgan fingerprint density at radius 2 is 1.73 bits per heavy atom. The molecule has 0 bridgehead atoms. The maximum absolute atomic E-state index is 13.2. The molecule has 0 atom stereocenters. The first-order chi connectivity index (χ1) is 17.9. The van der Waals surface area contributed by atoms with Gasteiger partial charge in [-0.3, -0.25) is 19.7 Å². The van der Waals surface area contributed by atoms with Crippen LogP contribution < -0.4 is 10.1 Å². The van der Waals surface area contributed by atoms with Gasteiger partial charge in [0.15, 0.2) is 5.13 Å². The van der Waals surface area contributed by atoms with Crippen LogP contribution >= 0.6 is 23.1 Å². The van der Waals surface area contributed by atoms with E-state index in [4.69, 9.17) is 9.47 Å². The lowest BCUT2D eigenvalue weighted by Gasteiger charge is -2.34. The van der Waals surface area contributed by atoms with Crippen molar-refractivity contribution in [1.29, 1.82) is 0 Å². The number of amides is 3. The van der Waals surface area contributed by atoms with Gasteiger partial charge in [-0.25, -0.2) is 4.98 Å². The second-order valence-electron chi connectivity index (χ2n) is 8.33. The van der Waals surface area contributed by atoms with Gasteiger partial charge in [-0.1, -0.05) is 35.2 Å². The number of rotatable bonds is 8. The number of nitrogens with one attached hydrogen (secondary N) is 1. The summed E-state index contributed by atoms with van der Waals surface area (Å²) < 4.78 is 11.4. The van der Waals surface area contributed by atoms with Crippen LogP contribution in [-0.4, -0.2) is 72.9 Å². The molecule has 1 fully saturated rings. The summed E-state index contributed by atoms with van der Waals surface area (Å²) in [6, 6.07) is 12.7. The van der Waals surface area contributed by atoms with Gasteiger partial charge in [0.05, 0.1) is 29.7 Å². The van der Waals surface area contributed by atoms with Crippen LogP contribution in [0.1, 0.15) is 33.2 Å². The lowest BCUT2D eigenvalue weighted by atomic mass is 10.1. The summed E-state index contributed by atoms with van der Waals surface area (Å²) in [5.74, 6) is 0.147. The highest BCUT2D eigenvalue weighted by Crippen LogP contribution is 2.36. The zero-order chi connectivity index (χ0) is 26.4. The van der Waals surface area contributed by atoms with E-state index < -0.39 is 0 Å². The molecular weight excluding hydrogens is 512 g/mol. The normalized spacial score (nSPS) is 13.4. The molecule has 2 aromatic carbocycles. The van der Waals surface area contributed by atoms with E-state index in [1.807, 2.05) is 24.3 Å². The van der Waals surface area contributed by atoms with Gasteiger partial charge in [-0.15, -0.1) is 0 Å². The summed E-state index contributed by atoms with van der Waals surface area (Å²) >= 11 is 2.81. The van der Waals surface area contributed by atoms with Gasteiger partial charge in [-0.05, 0) is 35.9 Å². The fourth-order valence-corrected chi connectivity index (χ4v) is 5.77. The SMILES string of the molecule is COCc1ccc(C(=O)Nc2ncc(Sc3ccc(OC)c(C(=O)N4CCN(C(C)=O)CC4)c3)s2)cc1. The maximum Gasteiger partial charge on any atom is 0.257 e. The molecule has 0 aliphatic carbocycles. The quantitative estimate of drug-likeness (QED) is 0.461. The standard InChI is InChI=1S/C26H28N4O5S2/c1-17(31)29-10-12-30(13-11-29)25(33)21-14-20(8-9-22(21)35-3)36-23-15-27-26(37-23)28-24(32)19-6-4-18(5-7-19)16-34-2/h4-9,14-15H,10-13,16H2,1-3H3,(H,27,28,32). The first-order valence-electron chi connectivity index (χ1n) is 11.6. The average Bonchev–Trinajstić information content (AvgIpc) is 3.35. The third-order valence-electron chi connectivity index (χ3n) is 5.86. The number of hydrogen-bond donors (Lipinski definition) is 1. The van der Waals surface area contributed by atoms with Crippen LogP contribution in [0.15, 0.2) is 57.8 Å². The van der Waals surface area contributed by atoms with Gasteiger partial charge >= 0.3 is 0 Å². The Labute approximate surface area is 223 Å². The number of nitrogens with zero attached hydrogens (tertiary/aromatic N) is 3. The number of piperazine rings is 1. The average molecular weight is 541 g/mol. The number of ether oxygens (including phenoxy) is 2. The lowest BCUT2D eigenvalue weighted by Crippen LogP contribution is -2.50. The second kappa shape index (κ2) is 12.2. The van der Waals surface area contributed by atoms with E-state index in [2.05, 4.69) is 10.3 Å². The Morgan fingerprint density at radius 3 is 2.38 bits per heavy atom. The van der Waals surface area contributed by atoms with E-state index in [9.17, 15) is 14.4 Å². The van der Waals surface area contributed by atoms with Crippen LogP contribution in [0, 0.1) is 0 Å². The lowest BCUT2D eigenvalue weighted by molar-refractivity contribution is -0.130. The van der Waals surface area contributed by atoms with Crippen molar-refractivity contribution >= 4 is 46.0 Å². The van der Waals surface area contributed by atoms with Gasteiger partial charge in [0.2, 0.25) is 5.91 Å². The number of methoxy groups -OCH3 is 2. The summed E-state index contributed by atoms with van der Waals surface area (Å²) in [6.07, 6.45) is 1.69. The second-order valence-corrected chi connectivity index (χ2v) is 10.7. The van der Waals surface area contributed by atoms with Gasteiger partial charge in [0, 0.05) is 50.7 Å². The van der Waals surface area contributed by atoms with E-state index in [0.717, 1.165) is 14.7 Å². The van der Waals surface area contributed by atoms with Crippen LogP contribution in [0.5, 0.6) is 5.75 Å². The van der Waals surface area contributed by atoms with Crippen molar-refractivity contribution in [2.24, 2.45) is 0 Å². The largest absolute Gasteiger partial charge is 0.496 e. The molecule has 0 unspecified atom stereocenters. The van der Waals surface area contributed by atoms with Gasteiger partial charge in [-0.2, -0.15) is 0 Å². The summed E-state index contributed by atoms with van der Waals surface area (Å²) in [6.45, 7) is 4.02. The highest BCUT2D eigenvalue weighted by molar-refractivity contribution is 8.01. The number of hydrogen-bond acceptors (Lipinski definition) is 8. The molecule has 1 N–H and O–H groups in total. The van der Waals surface area contributed by atoms with Crippen molar-refractivity contribution in [1.82, 2.24) is 14.8 Å². The Balaban J connectivity index is 1.41. The first kappa shape index (κ1) is 26.6. The molecule has 1 saturated heterocycles. The Hall–Kier alpha value is -3.41. The zero-order valence-electron chi connectivity index (χ0n) is 20.9. The molecule has 2 heterocycles. The van der Waals surface area contributed by atoms with Crippen molar-refractivity contribution < 1.29 is 23.9 Å². The fourth-order valence-electron chi connectivity index (χ4n) is 3.88. The van der Waals surface area contributed by atoms with Crippen molar-refractivity contribution in [2.45, 2.75) is 22.6 Å². The number of carbonyl (C=O) groups excluding carboxylic acids is 3. The molecule has 4 rings (SSSR count). The smallest absolute Gasteiger partial charge is 0.257 e. The van der Waals surface area contributed by atoms with Crippen LogP contribution in [0.2, 0.25) is 0 Å². The third kappa shape index (κ3) is 6.68. The molecule has 9 nitrogen and oxygen atoms in total. The minimum atomic E-state index is -0.239. The molecule has 3 aromatic rings. The zero-order valence-corrected chi connectivity index (χ0v) is 22.5. The minimum Gasteiger partial charge on any atom is -0.496 e. The molecule has 1 aromatic heterocycles. The van der Waals surface area contributed by atoms with Crippen molar-refractivity contribution in [3.63, 3.8) is 0 Å². The third-order valence-corrected chi connectivity index (χ3v) is 7.87. The Bertz CT molecular complexity index is 1270. The Morgan fingerprint density at radius 1 is 1.03 bits per heavy atom. The van der Waals surface area contributed by atoms with E-state index in [1.54, 1.807) is 41.3 Å². The number of benzene rings is 2. The van der Waals surface area contributed by atoms with Crippen LogP contribution in [0.25, 0.3) is 0 Å². The number of thiazole rings is 1. The van der Waals surface area contributed by atoms with Crippen molar-refractivity contribution in [3.8, 4) is 5.75 Å². The van der Waals surface area contributed by atoms with Gasteiger partial charge in [0.1, 0.15) is 5.75 Å². The topological polar surface area (TPSA) is 101 Å². The summed E-state index contributed by atoms with van der Waals surface area (Å²) in [7, 11) is 3.16. The van der Waals surface area contributed by atoms with Crippen molar-refractivity contribution in [3.05, 3.63) is 65.4 Å². The maximum atomic E-state index is 13.2. The molecule has 1 aliphatic heterocycles. The van der Waals surface area contributed by atoms with Crippen molar-refractivity contribution in [2.75, 3.05) is 45.7 Å². The van der Waals surface area contributed by atoms with E-state index in [0.29, 0.717) is 54.8 Å².